The Hall–Kier alpha value is -0.300. The summed E-state index contributed by atoms with van der Waals surface area (Å²) in [6, 6.07) is 2.29. The molecule has 2 rings (SSSR count). The molecule has 1 heteroatoms. The maximum Gasteiger partial charge on any atom is -0.00584 e. The van der Waals surface area contributed by atoms with Gasteiger partial charge in [0.05, 0.1) is 0 Å². The zero-order valence-electron chi connectivity index (χ0n) is 6.75. The van der Waals surface area contributed by atoms with Gasteiger partial charge < -0.3 is 0 Å². The molecule has 0 aromatic carbocycles. The van der Waals surface area contributed by atoms with Crippen molar-refractivity contribution < 1.29 is 0 Å². The molecule has 0 nitrogen and oxygen atoms in total. The van der Waals surface area contributed by atoms with E-state index >= 15 is 0 Å². The summed E-state index contributed by atoms with van der Waals surface area (Å²) in [5, 5.41) is 4.51. The third kappa shape index (κ3) is 1.64. The normalized spacial score (nSPS) is 20.4. The Morgan fingerprint density at radius 3 is 2.64 bits per heavy atom. The minimum absolute atomic E-state index is 0.898. The summed E-state index contributed by atoms with van der Waals surface area (Å²) in [6.45, 7) is 0. The second-order valence-electron chi connectivity index (χ2n) is 3.39. The van der Waals surface area contributed by atoms with Gasteiger partial charge in [0.25, 0.3) is 0 Å². The van der Waals surface area contributed by atoms with E-state index in [1.807, 2.05) is 11.3 Å². The maximum atomic E-state index is 2.32. The Morgan fingerprint density at radius 1 is 1.18 bits per heavy atom. The molecule has 1 saturated carbocycles. The highest BCUT2D eigenvalue weighted by molar-refractivity contribution is 7.07. The minimum atomic E-state index is 0.898. The SMILES string of the molecule is c1cc(C2CCCCC2)cs1. The van der Waals surface area contributed by atoms with E-state index < -0.39 is 0 Å². The van der Waals surface area contributed by atoms with Crippen molar-refractivity contribution >= 4 is 11.3 Å². The molecule has 0 atom stereocenters. The van der Waals surface area contributed by atoms with Gasteiger partial charge >= 0.3 is 0 Å². The van der Waals surface area contributed by atoms with Crippen molar-refractivity contribution in [2.24, 2.45) is 0 Å². The minimum Gasteiger partial charge on any atom is -0.152 e. The van der Waals surface area contributed by atoms with Crippen molar-refractivity contribution in [2.75, 3.05) is 0 Å². The average molecular weight is 166 g/mol. The molecule has 0 spiro atoms. The highest BCUT2D eigenvalue weighted by Crippen LogP contribution is 2.33. The molecule has 1 fully saturated rings. The van der Waals surface area contributed by atoms with Gasteiger partial charge in [-0.3, -0.25) is 0 Å². The highest BCUT2D eigenvalue weighted by atomic mass is 32.1. The molecule has 0 aliphatic heterocycles. The zero-order valence-corrected chi connectivity index (χ0v) is 7.57. The van der Waals surface area contributed by atoms with Crippen molar-refractivity contribution in [3.8, 4) is 0 Å². The van der Waals surface area contributed by atoms with Crippen molar-refractivity contribution in [1.29, 1.82) is 0 Å². The van der Waals surface area contributed by atoms with Crippen LogP contribution in [-0.2, 0) is 0 Å². The summed E-state index contributed by atoms with van der Waals surface area (Å²) < 4.78 is 0. The fraction of sp³-hybridized carbons (Fsp3) is 0.600. The fourth-order valence-corrected chi connectivity index (χ4v) is 2.69. The Bertz CT molecular complexity index is 195. The molecule has 0 bridgehead atoms. The third-order valence-electron chi connectivity index (χ3n) is 2.62. The van der Waals surface area contributed by atoms with E-state index in [-0.39, 0.29) is 0 Å². The average Bonchev–Trinajstić information content (AvgIpc) is 2.58. The summed E-state index contributed by atoms with van der Waals surface area (Å²) in [5.74, 6) is 0.898. The Morgan fingerprint density at radius 2 is 2.00 bits per heavy atom. The van der Waals surface area contributed by atoms with E-state index in [2.05, 4.69) is 16.8 Å². The summed E-state index contributed by atoms with van der Waals surface area (Å²) in [7, 11) is 0. The second-order valence-corrected chi connectivity index (χ2v) is 4.17. The molecule has 1 heterocycles. The summed E-state index contributed by atoms with van der Waals surface area (Å²) in [5.41, 5.74) is 1.59. The van der Waals surface area contributed by atoms with E-state index in [9.17, 15) is 0 Å². The molecule has 1 aliphatic rings. The molecule has 60 valence electrons. The Balaban J connectivity index is 2.04. The fourth-order valence-electron chi connectivity index (χ4n) is 1.94. The van der Waals surface area contributed by atoms with Gasteiger partial charge in [-0.25, -0.2) is 0 Å². The van der Waals surface area contributed by atoms with Crippen LogP contribution in [0.4, 0.5) is 0 Å². The molecular formula is C10H14S. The quantitative estimate of drug-likeness (QED) is 0.595. The van der Waals surface area contributed by atoms with E-state index in [0.29, 0.717) is 0 Å². The third-order valence-corrected chi connectivity index (χ3v) is 3.32. The van der Waals surface area contributed by atoms with Crippen molar-refractivity contribution in [1.82, 2.24) is 0 Å². The lowest BCUT2D eigenvalue weighted by atomic mass is 9.85. The largest absolute Gasteiger partial charge is 0.152 e. The van der Waals surface area contributed by atoms with Gasteiger partial charge in [0.1, 0.15) is 0 Å². The van der Waals surface area contributed by atoms with Crippen molar-refractivity contribution in [3.63, 3.8) is 0 Å². The number of thiophene rings is 1. The van der Waals surface area contributed by atoms with Crippen molar-refractivity contribution in [3.05, 3.63) is 22.4 Å². The van der Waals surface area contributed by atoms with Crippen LogP contribution in [0.15, 0.2) is 16.8 Å². The standard InChI is InChI=1S/C10H14S/c1-2-4-9(5-3-1)10-6-7-11-8-10/h6-9H,1-5H2. The molecule has 1 aliphatic carbocycles. The van der Waals surface area contributed by atoms with E-state index in [1.54, 1.807) is 5.56 Å². The van der Waals surface area contributed by atoms with Gasteiger partial charge in [0.15, 0.2) is 0 Å². The lowest BCUT2D eigenvalue weighted by Crippen LogP contribution is -2.02. The second kappa shape index (κ2) is 3.40. The molecule has 1 aromatic heterocycles. The Kier molecular flexibility index (Phi) is 2.27. The van der Waals surface area contributed by atoms with Gasteiger partial charge in [-0.1, -0.05) is 19.3 Å². The first-order chi connectivity index (χ1) is 5.47. The lowest BCUT2D eigenvalue weighted by molar-refractivity contribution is 0.444. The first-order valence-corrected chi connectivity index (χ1v) is 5.43. The van der Waals surface area contributed by atoms with Crippen LogP contribution < -0.4 is 0 Å². The predicted molar refractivity (Wildman–Crippen MR) is 50.1 cm³/mol. The van der Waals surface area contributed by atoms with Crippen molar-refractivity contribution in [2.45, 2.75) is 38.0 Å². The van der Waals surface area contributed by atoms with Crippen LogP contribution in [0.1, 0.15) is 43.6 Å². The van der Waals surface area contributed by atoms with Crippen LogP contribution in [0.3, 0.4) is 0 Å². The van der Waals surface area contributed by atoms with Crippen LogP contribution in [-0.4, -0.2) is 0 Å². The van der Waals surface area contributed by atoms with Crippen LogP contribution in [0.5, 0.6) is 0 Å². The molecule has 0 N–H and O–H groups in total. The monoisotopic (exact) mass is 166 g/mol. The topological polar surface area (TPSA) is 0 Å². The molecule has 0 saturated heterocycles. The molecule has 0 amide bonds. The van der Waals surface area contributed by atoms with E-state index in [0.717, 1.165) is 5.92 Å². The van der Waals surface area contributed by atoms with Crippen LogP contribution in [0, 0.1) is 0 Å². The molecule has 0 radical (unpaired) electrons. The van der Waals surface area contributed by atoms with Gasteiger partial charge in [-0.2, -0.15) is 11.3 Å². The molecule has 1 aromatic rings. The number of hydrogen-bond acceptors (Lipinski definition) is 1. The van der Waals surface area contributed by atoms with E-state index in [4.69, 9.17) is 0 Å². The summed E-state index contributed by atoms with van der Waals surface area (Å²) in [6.07, 6.45) is 7.20. The predicted octanol–water partition coefficient (Wildman–Crippen LogP) is 3.80. The van der Waals surface area contributed by atoms with Gasteiger partial charge in [0, 0.05) is 0 Å². The molecular weight excluding hydrogens is 152 g/mol. The highest BCUT2D eigenvalue weighted by Gasteiger charge is 2.14. The number of rotatable bonds is 1. The van der Waals surface area contributed by atoms with Crippen LogP contribution in [0.2, 0.25) is 0 Å². The smallest absolute Gasteiger partial charge is 0.00584 e. The summed E-state index contributed by atoms with van der Waals surface area (Å²) >= 11 is 1.83. The number of hydrogen-bond donors (Lipinski definition) is 0. The lowest BCUT2D eigenvalue weighted by Gasteiger charge is -2.20. The van der Waals surface area contributed by atoms with Gasteiger partial charge in [-0.05, 0) is 41.1 Å². The van der Waals surface area contributed by atoms with E-state index in [1.165, 1.54) is 32.1 Å². The van der Waals surface area contributed by atoms with Crippen LogP contribution in [0.25, 0.3) is 0 Å². The zero-order chi connectivity index (χ0) is 7.52. The van der Waals surface area contributed by atoms with Gasteiger partial charge in [0.2, 0.25) is 0 Å². The molecule has 11 heavy (non-hydrogen) atoms. The maximum absolute atomic E-state index is 2.32. The Labute approximate surface area is 72.3 Å². The van der Waals surface area contributed by atoms with Crippen LogP contribution >= 0.6 is 11.3 Å². The molecule has 0 unspecified atom stereocenters. The van der Waals surface area contributed by atoms with Gasteiger partial charge in [-0.15, -0.1) is 0 Å². The first-order valence-electron chi connectivity index (χ1n) is 4.49. The first kappa shape index (κ1) is 7.35. The summed E-state index contributed by atoms with van der Waals surface area (Å²) in [4.78, 5) is 0.